The Morgan fingerprint density at radius 3 is 2.47 bits per heavy atom. The number of rotatable bonds is 9. The SMILES string of the molecule is COc1ccc2oc(/C(C)=C\C(=O)C(=O)NCCOc3ccc(C(=O)NO)cc3)cc2c1. The number of fused-ring (bicyclic) bond motifs is 1. The third-order valence-corrected chi connectivity index (χ3v) is 4.56. The predicted octanol–water partition coefficient (Wildman–Crippen LogP) is 2.73. The number of carbonyl (C=O) groups is 3. The van der Waals surface area contributed by atoms with E-state index in [9.17, 15) is 14.4 Å². The topological polar surface area (TPSA) is 127 Å². The Morgan fingerprint density at radius 1 is 1.06 bits per heavy atom. The number of nitrogens with one attached hydrogen (secondary N) is 2. The summed E-state index contributed by atoms with van der Waals surface area (Å²) in [5, 5.41) is 11.9. The third-order valence-electron chi connectivity index (χ3n) is 4.56. The number of methoxy groups -OCH3 is 1. The number of benzene rings is 2. The molecule has 166 valence electrons. The van der Waals surface area contributed by atoms with Crippen molar-refractivity contribution in [1.29, 1.82) is 0 Å². The minimum atomic E-state index is -0.763. The molecule has 32 heavy (non-hydrogen) atoms. The van der Waals surface area contributed by atoms with Crippen molar-refractivity contribution in [1.82, 2.24) is 10.8 Å². The summed E-state index contributed by atoms with van der Waals surface area (Å²) in [6, 6.07) is 13.2. The van der Waals surface area contributed by atoms with Gasteiger partial charge in [-0.25, -0.2) is 5.48 Å². The van der Waals surface area contributed by atoms with Gasteiger partial charge < -0.3 is 19.2 Å². The van der Waals surface area contributed by atoms with E-state index in [4.69, 9.17) is 19.1 Å². The molecule has 0 atom stereocenters. The maximum Gasteiger partial charge on any atom is 0.291 e. The van der Waals surface area contributed by atoms with Gasteiger partial charge in [0.05, 0.1) is 13.7 Å². The van der Waals surface area contributed by atoms with Crippen LogP contribution in [-0.2, 0) is 9.59 Å². The van der Waals surface area contributed by atoms with Gasteiger partial charge in [-0.05, 0) is 67.1 Å². The molecular weight excluding hydrogens is 416 g/mol. The Hall–Kier alpha value is -4.11. The first-order valence-corrected chi connectivity index (χ1v) is 9.67. The van der Waals surface area contributed by atoms with Gasteiger partial charge in [0.2, 0.25) is 5.78 Å². The predicted molar refractivity (Wildman–Crippen MR) is 116 cm³/mol. The summed E-state index contributed by atoms with van der Waals surface area (Å²) in [6.45, 7) is 1.92. The van der Waals surface area contributed by atoms with Crippen LogP contribution in [0.25, 0.3) is 16.5 Å². The van der Waals surface area contributed by atoms with Crippen molar-refractivity contribution in [3.8, 4) is 11.5 Å². The summed E-state index contributed by atoms with van der Waals surface area (Å²) in [5.74, 6) is -0.460. The van der Waals surface area contributed by atoms with E-state index in [-0.39, 0.29) is 18.7 Å². The van der Waals surface area contributed by atoms with Crippen LogP contribution in [0.2, 0.25) is 0 Å². The molecule has 3 aromatic rings. The molecule has 0 aliphatic heterocycles. The number of hydroxylamine groups is 1. The molecule has 0 spiro atoms. The molecule has 0 unspecified atom stereocenters. The van der Waals surface area contributed by atoms with E-state index >= 15 is 0 Å². The fourth-order valence-electron chi connectivity index (χ4n) is 2.86. The number of hydrogen-bond acceptors (Lipinski definition) is 7. The highest BCUT2D eigenvalue weighted by Crippen LogP contribution is 2.27. The number of ketones is 1. The van der Waals surface area contributed by atoms with Crippen molar-refractivity contribution in [2.75, 3.05) is 20.3 Å². The molecule has 3 N–H and O–H groups in total. The number of hydrogen-bond donors (Lipinski definition) is 3. The smallest absolute Gasteiger partial charge is 0.291 e. The fourth-order valence-corrected chi connectivity index (χ4v) is 2.86. The molecule has 9 nitrogen and oxygen atoms in total. The monoisotopic (exact) mass is 438 g/mol. The lowest BCUT2D eigenvalue weighted by Gasteiger charge is -2.07. The fraction of sp³-hybridized carbons (Fsp3) is 0.174. The molecule has 1 aromatic heterocycles. The quantitative estimate of drug-likeness (QED) is 0.154. The van der Waals surface area contributed by atoms with Crippen LogP contribution in [0.3, 0.4) is 0 Å². The van der Waals surface area contributed by atoms with Crippen molar-refractivity contribution in [2.24, 2.45) is 0 Å². The largest absolute Gasteiger partial charge is 0.497 e. The van der Waals surface area contributed by atoms with Gasteiger partial charge in [0, 0.05) is 10.9 Å². The second-order valence-electron chi connectivity index (χ2n) is 6.78. The van der Waals surface area contributed by atoms with Crippen LogP contribution in [0, 0.1) is 0 Å². The molecule has 0 radical (unpaired) electrons. The van der Waals surface area contributed by atoms with Gasteiger partial charge in [-0.3, -0.25) is 19.6 Å². The minimum absolute atomic E-state index is 0.112. The van der Waals surface area contributed by atoms with Crippen molar-refractivity contribution in [3.05, 3.63) is 65.9 Å². The van der Waals surface area contributed by atoms with E-state index < -0.39 is 17.6 Å². The van der Waals surface area contributed by atoms with Gasteiger partial charge in [-0.1, -0.05) is 0 Å². The lowest BCUT2D eigenvalue weighted by atomic mass is 10.1. The summed E-state index contributed by atoms with van der Waals surface area (Å²) < 4.78 is 16.4. The maximum absolute atomic E-state index is 12.2. The van der Waals surface area contributed by atoms with Crippen LogP contribution in [-0.4, -0.2) is 43.1 Å². The zero-order valence-corrected chi connectivity index (χ0v) is 17.5. The standard InChI is InChI=1S/C23H22N2O7/c1-14(21-13-16-12-18(30-2)7-8-20(16)32-21)11-19(26)23(28)24-9-10-31-17-5-3-15(4-6-17)22(27)25-29/h3-8,11-13,29H,9-10H2,1-2H3,(H,24,28)(H,25,27)/b14-11-. The van der Waals surface area contributed by atoms with Crippen LogP contribution in [0.1, 0.15) is 23.0 Å². The van der Waals surface area contributed by atoms with Crippen molar-refractivity contribution < 1.29 is 33.5 Å². The normalized spacial score (nSPS) is 11.2. The van der Waals surface area contributed by atoms with Crippen molar-refractivity contribution in [3.63, 3.8) is 0 Å². The highest BCUT2D eigenvalue weighted by Gasteiger charge is 2.13. The van der Waals surface area contributed by atoms with E-state index in [0.29, 0.717) is 28.4 Å². The number of amides is 2. The number of carbonyl (C=O) groups excluding carboxylic acids is 3. The van der Waals surface area contributed by atoms with Gasteiger partial charge >= 0.3 is 0 Å². The average Bonchev–Trinajstić information content (AvgIpc) is 3.25. The third kappa shape index (κ3) is 5.52. The van der Waals surface area contributed by atoms with E-state index in [1.165, 1.54) is 23.7 Å². The second-order valence-corrected chi connectivity index (χ2v) is 6.78. The molecule has 2 aromatic carbocycles. The number of ether oxygens (including phenoxy) is 2. The molecule has 1 heterocycles. The average molecular weight is 438 g/mol. The molecule has 0 aliphatic rings. The molecule has 0 bridgehead atoms. The molecule has 3 rings (SSSR count). The van der Waals surface area contributed by atoms with Crippen LogP contribution in [0.15, 0.2) is 59.0 Å². The summed E-state index contributed by atoms with van der Waals surface area (Å²) in [7, 11) is 1.57. The van der Waals surface area contributed by atoms with E-state index in [2.05, 4.69) is 5.32 Å². The van der Waals surface area contributed by atoms with Gasteiger partial charge in [-0.2, -0.15) is 0 Å². The van der Waals surface area contributed by atoms with Gasteiger partial charge in [0.1, 0.15) is 29.4 Å². The first-order chi connectivity index (χ1) is 15.4. The highest BCUT2D eigenvalue weighted by atomic mass is 16.5. The minimum Gasteiger partial charge on any atom is -0.497 e. The first-order valence-electron chi connectivity index (χ1n) is 9.67. The van der Waals surface area contributed by atoms with Gasteiger partial charge in [0.15, 0.2) is 0 Å². The Morgan fingerprint density at radius 2 is 1.78 bits per heavy atom. The summed E-state index contributed by atoms with van der Waals surface area (Å²) in [4.78, 5) is 35.5. The lowest BCUT2D eigenvalue weighted by molar-refractivity contribution is -0.135. The Kier molecular flexibility index (Phi) is 7.25. The molecule has 0 fully saturated rings. The number of allylic oxidation sites excluding steroid dienone is 1. The Labute approximate surface area is 183 Å². The molecule has 2 amide bonds. The molecule has 0 saturated carbocycles. The zero-order chi connectivity index (χ0) is 23.1. The Bertz CT molecular complexity index is 1160. The molecule has 0 aliphatic carbocycles. The first kappa shape index (κ1) is 22.6. The second kappa shape index (κ2) is 10.3. The highest BCUT2D eigenvalue weighted by molar-refractivity contribution is 6.41. The Balaban J connectivity index is 1.50. The molecule has 0 saturated heterocycles. The maximum atomic E-state index is 12.2. The summed E-state index contributed by atoms with van der Waals surface area (Å²) in [6.07, 6.45) is 1.22. The summed E-state index contributed by atoms with van der Waals surface area (Å²) >= 11 is 0. The number of furan rings is 1. The molecular formula is C23H22N2O7. The van der Waals surface area contributed by atoms with E-state index in [1.807, 2.05) is 6.07 Å². The lowest BCUT2D eigenvalue weighted by Crippen LogP contribution is -2.33. The van der Waals surface area contributed by atoms with Crippen molar-refractivity contribution >= 4 is 34.1 Å². The molecule has 9 heteroatoms. The van der Waals surface area contributed by atoms with Crippen LogP contribution in [0.5, 0.6) is 11.5 Å². The van der Waals surface area contributed by atoms with Crippen molar-refractivity contribution in [2.45, 2.75) is 6.92 Å². The van der Waals surface area contributed by atoms with Gasteiger partial charge in [-0.15, -0.1) is 0 Å². The van der Waals surface area contributed by atoms with Crippen LogP contribution < -0.4 is 20.3 Å². The van der Waals surface area contributed by atoms with E-state index in [1.54, 1.807) is 44.4 Å². The zero-order valence-electron chi connectivity index (χ0n) is 17.5. The van der Waals surface area contributed by atoms with Crippen LogP contribution in [0.4, 0.5) is 0 Å². The van der Waals surface area contributed by atoms with Crippen LogP contribution >= 0.6 is 0 Å². The van der Waals surface area contributed by atoms with Gasteiger partial charge in [0.25, 0.3) is 11.8 Å². The van der Waals surface area contributed by atoms with E-state index in [0.717, 1.165) is 5.39 Å². The summed E-state index contributed by atoms with van der Waals surface area (Å²) in [5.41, 5.74) is 2.97.